The Kier molecular flexibility index (Phi) is 9.13. The minimum absolute atomic E-state index is 0.0767. The third-order valence-corrected chi connectivity index (χ3v) is 6.55. The molecule has 1 aromatic carbocycles. The lowest BCUT2D eigenvalue weighted by Gasteiger charge is -2.21. The van der Waals surface area contributed by atoms with E-state index in [1.807, 2.05) is 37.4 Å². The fraction of sp³-hybridized carbons (Fsp3) is 0.280. The number of hydrogen-bond donors (Lipinski definition) is 2. The van der Waals surface area contributed by atoms with Crippen molar-refractivity contribution >= 4 is 39.7 Å². The number of halogens is 1. The molecule has 1 atom stereocenters. The molecule has 13 heteroatoms. The van der Waals surface area contributed by atoms with Gasteiger partial charge in [0.15, 0.2) is 10.8 Å². The van der Waals surface area contributed by atoms with Gasteiger partial charge in [-0.2, -0.15) is 0 Å². The summed E-state index contributed by atoms with van der Waals surface area (Å²) in [6, 6.07) is 12.3. The van der Waals surface area contributed by atoms with Crippen LogP contribution in [0.3, 0.4) is 0 Å². The Labute approximate surface area is 227 Å². The zero-order valence-corrected chi connectivity index (χ0v) is 22.5. The number of benzene rings is 1. The first-order valence-corrected chi connectivity index (χ1v) is 12.7. The van der Waals surface area contributed by atoms with Crippen molar-refractivity contribution in [2.45, 2.75) is 6.04 Å². The quantitative estimate of drug-likeness (QED) is 0.245. The molecule has 0 spiro atoms. The maximum absolute atomic E-state index is 13.1. The van der Waals surface area contributed by atoms with E-state index in [-0.39, 0.29) is 41.6 Å². The standard InChI is InChI=1S/C25H26ClN5O6S/c1-31-10-9-16(26)20(31)23-29-30-25(38-23)28-22(32)19-13-17(21(24(33)37-19)36-12-11-34-2)27-18(14-35-3)15-7-5-4-6-8-15/h4-10,13,18,27H,11-12,14H2,1-3H3,(H,28,30,32). The summed E-state index contributed by atoms with van der Waals surface area (Å²) in [7, 11) is 4.92. The molecule has 4 rings (SSSR count). The van der Waals surface area contributed by atoms with Crippen LogP contribution < -0.4 is 21.0 Å². The van der Waals surface area contributed by atoms with E-state index in [2.05, 4.69) is 20.8 Å². The number of ether oxygens (including phenoxy) is 3. The maximum atomic E-state index is 13.1. The first-order valence-electron chi connectivity index (χ1n) is 11.5. The molecule has 4 aromatic rings. The number of nitrogens with one attached hydrogen (secondary N) is 2. The molecule has 0 bridgehead atoms. The van der Waals surface area contributed by atoms with E-state index in [1.54, 1.807) is 23.9 Å². The van der Waals surface area contributed by atoms with Crippen molar-refractivity contribution in [2.24, 2.45) is 7.05 Å². The van der Waals surface area contributed by atoms with Crippen LogP contribution in [0.5, 0.6) is 5.75 Å². The monoisotopic (exact) mass is 559 g/mol. The molecule has 0 aliphatic heterocycles. The lowest BCUT2D eigenvalue weighted by Crippen LogP contribution is -2.22. The number of nitrogens with zero attached hydrogens (tertiary/aromatic N) is 3. The number of hydrogen-bond acceptors (Lipinski definition) is 10. The van der Waals surface area contributed by atoms with Crippen molar-refractivity contribution in [1.29, 1.82) is 0 Å². The summed E-state index contributed by atoms with van der Waals surface area (Å²) in [5.41, 5.74) is 1.03. The minimum Gasteiger partial charge on any atom is -0.483 e. The van der Waals surface area contributed by atoms with Gasteiger partial charge in [0.2, 0.25) is 10.9 Å². The van der Waals surface area contributed by atoms with Crippen LogP contribution in [0, 0.1) is 0 Å². The molecule has 2 N–H and O–H groups in total. The third-order valence-electron chi connectivity index (χ3n) is 5.40. The topological polar surface area (TPSA) is 130 Å². The van der Waals surface area contributed by atoms with Crippen molar-refractivity contribution in [3.8, 4) is 16.5 Å². The second-order valence-corrected chi connectivity index (χ2v) is 9.42. The molecular weight excluding hydrogens is 534 g/mol. The number of amides is 1. The Hall–Kier alpha value is -3.71. The van der Waals surface area contributed by atoms with Crippen LogP contribution in [0.25, 0.3) is 10.7 Å². The Morgan fingerprint density at radius 2 is 1.95 bits per heavy atom. The molecule has 3 heterocycles. The van der Waals surface area contributed by atoms with Crippen molar-refractivity contribution in [3.63, 3.8) is 0 Å². The first-order chi connectivity index (χ1) is 18.4. The van der Waals surface area contributed by atoms with E-state index >= 15 is 0 Å². The van der Waals surface area contributed by atoms with Crippen LogP contribution in [0.4, 0.5) is 10.8 Å². The summed E-state index contributed by atoms with van der Waals surface area (Å²) in [5, 5.41) is 15.2. The Morgan fingerprint density at radius 1 is 1.16 bits per heavy atom. The molecule has 0 saturated carbocycles. The van der Waals surface area contributed by atoms with Crippen molar-refractivity contribution in [2.75, 3.05) is 44.7 Å². The van der Waals surface area contributed by atoms with Crippen LogP contribution in [0.15, 0.2) is 57.9 Å². The fourth-order valence-electron chi connectivity index (χ4n) is 3.61. The van der Waals surface area contributed by atoms with E-state index in [1.165, 1.54) is 13.2 Å². The van der Waals surface area contributed by atoms with Gasteiger partial charge in [-0.1, -0.05) is 53.3 Å². The normalized spacial score (nSPS) is 11.8. The first kappa shape index (κ1) is 27.3. The molecule has 0 radical (unpaired) electrons. The molecule has 200 valence electrons. The number of carbonyl (C=O) groups excluding carboxylic acids is 1. The third kappa shape index (κ3) is 6.40. The van der Waals surface area contributed by atoms with Gasteiger partial charge in [-0.05, 0) is 11.6 Å². The lowest BCUT2D eigenvalue weighted by molar-refractivity contribution is 0.0990. The van der Waals surface area contributed by atoms with Crippen molar-refractivity contribution in [3.05, 3.63) is 75.4 Å². The zero-order chi connectivity index (χ0) is 27.1. The smallest absolute Gasteiger partial charge is 0.381 e. The van der Waals surface area contributed by atoms with Crippen LogP contribution in [0.1, 0.15) is 22.2 Å². The van der Waals surface area contributed by atoms with Gasteiger partial charge in [-0.25, -0.2) is 4.79 Å². The number of aryl methyl sites for hydroxylation is 1. The van der Waals surface area contributed by atoms with E-state index < -0.39 is 11.5 Å². The van der Waals surface area contributed by atoms with E-state index in [4.69, 9.17) is 30.2 Å². The highest BCUT2D eigenvalue weighted by Gasteiger charge is 2.22. The van der Waals surface area contributed by atoms with Crippen molar-refractivity contribution in [1.82, 2.24) is 14.8 Å². The second kappa shape index (κ2) is 12.7. The molecule has 1 unspecified atom stereocenters. The van der Waals surface area contributed by atoms with Crippen LogP contribution >= 0.6 is 22.9 Å². The number of methoxy groups -OCH3 is 2. The zero-order valence-electron chi connectivity index (χ0n) is 20.9. The fourth-order valence-corrected chi connectivity index (χ4v) is 4.78. The number of carbonyl (C=O) groups is 1. The van der Waals surface area contributed by atoms with Gasteiger partial charge in [0.1, 0.15) is 6.61 Å². The van der Waals surface area contributed by atoms with Crippen LogP contribution in [-0.2, 0) is 16.5 Å². The van der Waals surface area contributed by atoms with E-state index in [0.29, 0.717) is 22.3 Å². The highest BCUT2D eigenvalue weighted by atomic mass is 35.5. The van der Waals surface area contributed by atoms with Crippen LogP contribution in [0.2, 0.25) is 5.02 Å². The predicted octanol–water partition coefficient (Wildman–Crippen LogP) is 4.23. The van der Waals surface area contributed by atoms with Gasteiger partial charge in [0, 0.05) is 33.5 Å². The summed E-state index contributed by atoms with van der Waals surface area (Å²) in [5.74, 6) is -1.00. The van der Waals surface area contributed by atoms with E-state index in [0.717, 1.165) is 16.9 Å². The molecule has 0 aliphatic rings. The largest absolute Gasteiger partial charge is 0.483 e. The Bertz CT molecular complexity index is 1420. The van der Waals surface area contributed by atoms with Gasteiger partial charge >= 0.3 is 5.63 Å². The highest BCUT2D eigenvalue weighted by molar-refractivity contribution is 7.18. The second-order valence-electron chi connectivity index (χ2n) is 8.03. The summed E-state index contributed by atoms with van der Waals surface area (Å²) in [6.45, 7) is 0.654. The molecule has 3 aromatic heterocycles. The Morgan fingerprint density at radius 3 is 2.63 bits per heavy atom. The molecule has 0 aliphatic carbocycles. The lowest BCUT2D eigenvalue weighted by atomic mass is 10.1. The molecule has 11 nitrogen and oxygen atoms in total. The highest BCUT2D eigenvalue weighted by Crippen LogP contribution is 2.33. The molecule has 0 saturated heterocycles. The van der Waals surface area contributed by atoms with Crippen LogP contribution in [-0.4, -0.2) is 54.7 Å². The molecule has 38 heavy (non-hydrogen) atoms. The molecule has 1 amide bonds. The predicted molar refractivity (Wildman–Crippen MR) is 144 cm³/mol. The van der Waals surface area contributed by atoms with Gasteiger partial charge < -0.3 is 28.5 Å². The van der Waals surface area contributed by atoms with Gasteiger partial charge in [-0.15, -0.1) is 10.2 Å². The number of rotatable bonds is 12. The molecular formula is C25H26ClN5O6S. The Balaban J connectivity index is 1.62. The number of anilines is 2. The van der Waals surface area contributed by atoms with Crippen molar-refractivity contribution < 1.29 is 23.4 Å². The number of aromatic nitrogens is 3. The average molecular weight is 560 g/mol. The van der Waals surface area contributed by atoms with Gasteiger partial charge in [-0.3, -0.25) is 10.1 Å². The summed E-state index contributed by atoms with van der Waals surface area (Å²) in [6.07, 6.45) is 1.79. The minimum atomic E-state index is -0.825. The summed E-state index contributed by atoms with van der Waals surface area (Å²) in [4.78, 5) is 25.9. The molecule has 0 fully saturated rings. The summed E-state index contributed by atoms with van der Waals surface area (Å²) >= 11 is 7.37. The summed E-state index contributed by atoms with van der Waals surface area (Å²) < 4.78 is 23.1. The average Bonchev–Trinajstić information content (AvgIpc) is 3.50. The maximum Gasteiger partial charge on any atom is 0.381 e. The van der Waals surface area contributed by atoms with E-state index in [9.17, 15) is 9.59 Å². The van der Waals surface area contributed by atoms with Gasteiger partial charge in [0.05, 0.1) is 35.7 Å². The van der Waals surface area contributed by atoms with Gasteiger partial charge in [0.25, 0.3) is 5.91 Å². The SMILES string of the molecule is COCCOc1c(NC(COC)c2ccccc2)cc(C(=O)Nc2nnc(-c3c(Cl)ccn3C)s2)oc1=O.